The van der Waals surface area contributed by atoms with Crippen molar-refractivity contribution in [3.05, 3.63) is 59.4 Å². The summed E-state index contributed by atoms with van der Waals surface area (Å²) >= 11 is 0. The number of pyridine rings is 1. The number of benzene rings is 1. The van der Waals surface area contributed by atoms with Gasteiger partial charge in [0.25, 0.3) is 0 Å². The van der Waals surface area contributed by atoms with E-state index in [2.05, 4.69) is 10.3 Å². The van der Waals surface area contributed by atoms with Crippen LogP contribution in [0.5, 0.6) is 0 Å². The molecule has 8 heteroatoms. The molecule has 2 aromatic rings. The molecule has 5 nitrogen and oxygen atoms in total. The van der Waals surface area contributed by atoms with Gasteiger partial charge in [0.05, 0.1) is 22.9 Å². The summed E-state index contributed by atoms with van der Waals surface area (Å²) in [7, 11) is 0. The Morgan fingerprint density at radius 3 is 2.00 bits per heavy atom. The third-order valence-electron chi connectivity index (χ3n) is 3.75. The standard InChI is InChI=1S/C17H15F3N2O3/c1-16(2,10-3-5-11(6-4-10)17(18,19)20)14(23)13-8-7-12(9-21-13)22-15(24)25/h3-9,22H,1-2H3,(H,24,25). The fourth-order valence-corrected chi connectivity index (χ4v) is 2.25. The number of rotatable bonds is 4. The Morgan fingerprint density at radius 2 is 1.56 bits per heavy atom. The van der Waals surface area contributed by atoms with Crippen molar-refractivity contribution in [2.75, 3.05) is 5.32 Å². The first-order valence-electron chi connectivity index (χ1n) is 7.20. The first kappa shape index (κ1) is 18.4. The fraction of sp³-hybridized carbons (Fsp3) is 0.235. The van der Waals surface area contributed by atoms with Crippen molar-refractivity contribution >= 4 is 17.6 Å². The zero-order chi connectivity index (χ0) is 18.8. The van der Waals surface area contributed by atoms with Gasteiger partial charge in [0.15, 0.2) is 5.78 Å². The number of nitrogens with one attached hydrogen (secondary N) is 1. The molecule has 0 saturated carbocycles. The molecule has 25 heavy (non-hydrogen) atoms. The van der Waals surface area contributed by atoms with Gasteiger partial charge in [-0.1, -0.05) is 12.1 Å². The Balaban J connectivity index is 2.26. The van der Waals surface area contributed by atoms with Gasteiger partial charge in [-0.3, -0.25) is 15.1 Å². The van der Waals surface area contributed by atoms with Crippen LogP contribution in [0.2, 0.25) is 0 Å². The molecule has 0 aliphatic rings. The van der Waals surface area contributed by atoms with Crippen molar-refractivity contribution in [1.82, 2.24) is 4.98 Å². The van der Waals surface area contributed by atoms with Crippen molar-refractivity contribution < 1.29 is 27.9 Å². The third-order valence-corrected chi connectivity index (χ3v) is 3.75. The van der Waals surface area contributed by atoms with Crippen LogP contribution in [0.1, 0.15) is 35.5 Å². The monoisotopic (exact) mass is 352 g/mol. The minimum absolute atomic E-state index is 0.0841. The molecule has 0 fully saturated rings. The molecule has 1 amide bonds. The Bertz CT molecular complexity index is 782. The Morgan fingerprint density at radius 1 is 1.00 bits per heavy atom. The van der Waals surface area contributed by atoms with E-state index in [1.165, 1.54) is 30.5 Å². The Hall–Kier alpha value is -2.90. The van der Waals surface area contributed by atoms with E-state index >= 15 is 0 Å². The van der Waals surface area contributed by atoms with Gasteiger partial charge in [0, 0.05) is 0 Å². The maximum atomic E-state index is 12.7. The molecule has 0 atom stereocenters. The van der Waals surface area contributed by atoms with Crippen LogP contribution in [0.25, 0.3) is 0 Å². The highest BCUT2D eigenvalue weighted by Crippen LogP contribution is 2.32. The van der Waals surface area contributed by atoms with Crippen molar-refractivity contribution in [2.45, 2.75) is 25.4 Å². The number of nitrogens with zero attached hydrogens (tertiary/aromatic N) is 1. The van der Waals surface area contributed by atoms with Crippen LogP contribution in [-0.4, -0.2) is 22.0 Å². The third kappa shape index (κ3) is 4.14. The minimum atomic E-state index is -4.44. The minimum Gasteiger partial charge on any atom is -0.465 e. The van der Waals surface area contributed by atoms with Crippen LogP contribution in [-0.2, 0) is 11.6 Å². The lowest BCUT2D eigenvalue weighted by Gasteiger charge is -2.24. The second kappa shape index (κ2) is 6.54. The van der Waals surface area contributed by atoms with Crippen molar-refractivity contribution in [2.24, 2.45) is 0 Å². The summed E-state index contributed by atoms with van der Waals surface area (Å²) in [5.41, 5.74) is -1.18. The highest BCUT2D eigenvalue weighted by molar-refractivity contribution is 6.02. The molecular weight excluding hydrogens is 337 g/mol. The maximum Gasteiger partial charge on any atom is 0.416 e. The van der Waals surface area contributed by atoms with E-state index in [0.717, 1.165) is 12.1 Å². The van der Waals surface area contributed by atoms with E-state index in [1.807, 2.05) is 0 Å². The summed E-state index contributed by atoms with van der Waals surface area (Å²) in [4.78, 5) is 27.1. The van der Waals surface area contributed by atoms with Gasteiger partial charge in [-0.15, -0.1) is 0 Å². The smallest absolute Gasteiger partial charge is 0.416 e. The number of amides is 1. The zero-order valence-electron chi connectivity index (χ0n) is 13.4. The van der Waals surface area contributed by atoms with Crippen LogP contribution in [0.3, 0.4) is 0 Å². The van der Waals surface area contributed by atoms with Gasteiger partial charge in [-0.25, -0.2) is 4.79 Å². The number of aromatic nitrogens is 1. The van der Waals surface area contributed by atoms with Crippen molar-refractivity contribution in [1.29, 1.82) is 0 Å². The second-order valence-corrected chi connectivity index (χ2v) is 5.89. The van der Waals surface area contributed by atoms with Gasteiger partial charge in [-0.05, 0) is 43.7 Å². The molecule has 0 aliphatic carbocycles. The number of carbonyl (C=O) groups is 2. The number of hydrogen-bond acceptors (Lipinski definition) is 3. The van der Waals surface area contributed by atoms with Crippen LogP contribution < -0.4 is 5.32 Å². The van der Waals surface area contributed by atoms with Crippen molar-refractivity contribution in [3.63, 3.8) is 0 Å². The van der Waals surface area contributed by atoms with E-state index < -0.39 is 29.0 Å². The normalized spacial score (nSPS) is 11.9. The van der Waals surface area contributed by atoms with Gasteiger partial charge >= 0.3 is 12.3 Å². The summed E-state index contributed by atoms with van der Waals surface area (Å²) in [6, 6.07) is 7.13. The topological polar surface area (TPSA) is 79.3 Å². The molecule has 0 radical (unpaired) electrons. The second-order valence-electron chi connectivity index (χ2n) is 5.89. The zero-order valence-corrected chi connectivity index (χ0v) is 13.4. The number of anilines is 1. The number of hydrogen-bond donors (Lipinski definition) is 2. The average molecular weight is 352 g/mol. The number of carbonyl (C=O) groups excluding carboxylic acids is 1. The molecule has 0 bridgehead atoms. The molecule has 0 unspecified atom stereocenters. The molecule has 132 valence electrons. The number of alkyl halides is 3. The SMILES string of the molecule is CC(C)(C(=O)c1ccc(NC(=O)O)cn1)c1ccc(C(F)(F)F)cc1. The lowest BCUT2D eigenvalue weighted by atomic mass is 9.79. The van der Waals surface area contributed by atoms with Crippen molar-refractivity contribution in [3.8, 4) is 0 Å². The number of Topliss-reactive ketones (excluding diaryl/α,β-unsaturated/α-hetero) is 1. The first-order chi connectivity index (χ1) is 11.5. The molecular formula is C17H15F3N2O3. The first-order valence-corrected chi connectivity index (χ1v) is 7.20. The Labute approximate surface area is 141 Å². The van der Waals surface area contributed by atoms with E-state index in [0.29, 0.717) is 5.56 Å². The maximum absolute atomic E-state index is 12.7. The molecule has 2 rings (SSSR count). The summed E-state index contributed by atoms with van der Waals surface area (Å²) in [6.07, 6.45) is -4.50. The van der Waals surface area contributed by atoms with Crippen LogP contribution in [0.4, 0.5) is 23.7 Å². The molecule has 1 aromatic heterocycles. The quantitative estimate of drug-likeness (QED) is 0.802. The Kier molecular flexibility index (Phi) is 4.82. The predicted molar refractivity (Wildman–Crippen MR) is 84.7 cm³/mol. The fourth-order valence-electron chi connectivity index (χ4n) is 2.25. The number of carboxylic acid groups (broad SMARTS) is 1. The van der Waals surface area contributed by atoms with Gasteiger partial charge < -0.3 is 5.11 Å². The predicted octanol–water partition coefficient (Wildman–Crippen LogP) is 4.35. The molecule has 1 heterocycles. The highest BCUT2D eigenvalue weighted by Gasteiger charge is 2.34. The highest BCUT2D eigenvalue weighted by atomic mass is 19.4. The summed E-state index contributed by atoms with van der Waals surface area (Å²) in [5, 5.41) is 10.7. The van der Waals surface area contributed by atoms with Crippen LogP contribution in [0, 0.1) is 0 Å². The lowest BCUT2D eigenvalue weighted by Crippen LogP contribution is -2.30. The van der Waals surface area contributed by atoms with Crippen LogP contribution >= 0.6 is 0 Å². The van der Waals surface area contributed by atoms with E-state index in [9.17, 15) is 22.8 Å². The summed E-state index contributed by atoms with van der Waals surface area (Å²) in [6.45, 7) is 3.17. The largest absolute Gasteiger partial charge is 0.465 e. The van der Waals surface area contributed by atoms with E-state index in [1.54, 1.807) is 13.8 Å². The number of ketones is 1. The van der Waals surface area contributed by atoms with Gasteiger partial charge in [0.2, 0.25) is 0 Å². The van der Waals surface area contributed by atoms with Crippen LogP contribution in [0.15, 0.2) is 42.6 Å². The van der Waals surface area contributed by atoms with Gasteiger partial charge in [0.1, 0.15) is 5.69 Å². The number of halogens is 3. The summed E-state index contributed by atoms with van der Waals surface area (Å²) in [5.74, 6) is -0.394. The molecule has 1 aromatic carbocycles. The molecule has 0 saturated heterocycles. The average Bonchev–Trinajstić information content (AvgIpc) is 2.53. The summed E-state index contributed by atoms with van der Waals surface area (Å²) < 4.78 is 37.9. The molecule has 0 spiro atoms. The van der Waals surface area contributed by atoms with E-state index in [-0.39, 0.29) is 11.4 Å². The van der Waals surface area contributed by atoms with E-state index in [4.69, 9.17) is 5.11 Å². The molecule has 2 N–H and O–H groups in total. The van der Waals surface area contributed by atoms with Gasteiger partial charge in [-0.2, -0.15) is 13.2 Å². The lowest BCUT2D eigenvalue weighted by molar-refractivity contribution is -0.137. The molecule has 0 aliphatic heterocycles.